The van der Waals surface area contributed by atoms with Gasteiger partial charge in [-0.25, -0.2) is 4.39 Å². The number of benzene rings is 1. The van der Waals surface area contributed by atoms with E-state index in [2.05, 4.69) is 15.2 Å². The van der Waals surface area contributed by atoms with Gasteiger partial charge < -0.3 is 10.2 Å². The second kappa shape index (κ2) is 6.31. The van der Waals surface area contributed by atoms with Crippen molar-refractivity contribution in [3.63, 3.8) is 0 Å². The molecule has 3 nitrogen and oxygen atoms in total. The van der Waals surface area contributed by atoms with E-state index in [0.29, 0.717) is 16.8 Å². The fraction of sp³-hybridized carbons (Fsp3) is 0.312. The van der Waals surface area contributed by atoms with Crippen molar-refractivity contribution in [1.82, 2.24) is 4.98 Å². The molecule has 1 aromatic heterocycles. The lowest BCUT2D eigenvalue weighted by atomic mass is 10.0. The van der Waals surface area contributed by atoms with Crippen LogP contribution in [0.3, 0.4) is 0 Å². The van der Waals surface area contributed by atoms with Gasteiger partial charge in [0.1, 0.15) is 5.82 Å². The maximum Gasteiger partial charge on any atom is 0.147 e. The van der Waals surface area contributed by atoms with E-state index in [1.54, 1.807) is 12.1 Å². The zero-order valence-corrected chi connectivity index (χ0v) is 12.4. The minimum absolute atomic E-state index is 0.291. The van der Waals surface area contributed by atoms with Gasteiger partial charge in [0.25, 0.3) is 0 Å². The quantitative estimate of drug-likeness (QED) is 0.930. The molecule has 2 aromatic rings. The van der Waals surface area contributed by atoms with Crippen LogP contribution < -0.4 is 10.2 Å². The fourth-order valence-corrected chi connectivity index (χ4v) is 2.82. The Kier molecular flexibility index (Phi) is 4.25. The number of hydrogen-bond acceptors (Lipinski definition) is 3. The molecule has 0 radical (unpaired) electrons. The molecule has 0 saturated carbocycles. The molecule has 1 N–H and O–H groups in total. The largest absolute Gasteiger partial charge is 0.380 e. The highest BCUT2D eigenvalue weighted by atomic mass is 35.5. The first-order valence-electron chi connectivity index (χ1n) is 7.09. The molecule has 21 heavy (non-hydrogen) atoms. The molecule has 1 aliphatic rings. The van der Waals surface area contributed by atoms with Crippen molar-refractivity contribution < 1.29 is 4.39 Å². The van der Waals surface area contributed by atoms with Crippen LogP contribution in [0.2, 0.25) is 5.02 Å². The Labute approximate surface area is 128 Å². The van der Waals surface area contributed by atoms with Gasteiger partial charge >= 0.3 is 0 Å². The molecule has 5 heteroatoms. The van der Waals surface area contributed by atoms with Gasteiger partial charge in [-0.3, -0.25) is 4.98 Å². The van der Waals surface area contributed by atoms with Crippen molar-refractivity contribution >= 4 is 23.0 Å². The van der Waals surface area contributed by atoms with Crippen molar-refractivity contribution in [1.29, 1.82) is 0 Å². The van der Waals surface area contributed by atoms with Crippen molar-refractivity contribution in [3.8, 4) is 0 Å². The first kappa shape index (κ1) is 14.1. The second-order valence-corrected chi connectivity index (χ2v) is 5.67. The van der Waals surface area contributed by atoms with Crippen molar-refractivity contribution in [2.24, 2.45) is 0 Å². The van der Waals surface area contributed by atoms with E-state index in [-0.39, 0.29) is 5.82 Å². The number of anilines is 2. The standard InChI is InChI=1S/C16H17ClFN3/c17-12-1-2-16(15(18)11-12)20-13-5-9-21(10-6-13)14-3-7-19-8-4-14/h1-4,7-8,11,13,20H,5-6,9-10H2. The van der Waals surface area contributed by atoms with Gasteiger partial charge in [0, 0.05) is 42.2 Å². The number of nitrogens with one attached hydrogen (secondary N) is 1. The van der Waals surface area contributed by atoms with Gasteiger partial charge in [-0.05, 0) is 43.2 Å². The van der Waals surface area contributed by atoms with Gasteiger partial charge in [0.05, 0.1) is 5.69 Å². The fourth-order valence-electron chi connectivity index (χ4n) is 2.66. The van der Waals surface area contributed by atoms with Gasteiger partial charge in [0.2, 0.25) is 0 Å². The summed E-state index contributed by atoms with van der Waals surface area (Å²) in [5.41, 5.74) is 1.72. The van der Waals surface area contributed by atoms with E-state index in [4.69, 9.17) is 11.6 Å². The molecular weight excluding hydrogens is 289 g/mol. The minimum atomic E-state index is -0.293. The number of rotatable bonds is 3. The van der Waals surface area contributed by atoms with Crippen molar-refractivity contribution in [3.05, 3.63) is 53.6 Å². The molecule has 0 atom stereocenters. The van der Waals surface area contributed by atoms with Crippen LogP contribution in [-0.2, 0) is 0 Å². The van der Waals surface area contributed by atoms with E-state index in [0.717, 1.165) is 25.9 Å². The van der Waals surface area contributed by atoms with Crippen molar-refractivity contribution in [2.75, 3.05) is 23.3 Å². The zero-order chi connectivity index (χ0) is 14.7. The molecule has 1 aromatic carbocycles. The topological polar surface area (TPSA) is 28.2 Å². The Morgan fingerprint density at radius 2 is 1.86 bits per heavy atom. The molecule has 2 heterocycles. The number of nitrogens with zero attached hydrogens (tertiary/aromatic N) is 2. The average molecular weight is 306 g/mol. The van der Waals surface area contributed by atoms with Crippen LogP contribution in [0.4, 0.5) is 15.8 Å². The van der Waals surface area contributed by atoms with E-state index in [9.17, 15) is 4.39 Å². The molecule has 0 amide bonds. The smallest absolute Gasteiger partial charge is 0.147 e. The first-order chi connectivity index (χ1) is 10.2. The SMILES string of the molecule is Fc1cc(Cl)ccc1NC1CCN(c2ccncc2)CC1. The van der Waals surface area contributed by atoms with E-state index in [1.165, 1.54) is 11.8 Å². The molecule has 3 rings (SSSR count). The third-order valence-corrected chi connectivity index (χ3v) is 4.05. The summed E-state index contributed by atoms with van der Waals surface area (Å²) < 4.78 is 13.8. The molecule has 0 aliphatic carbocycles. The maximum absolute atomic E-state index is 13.8. The number of piperidine rings is 1. The lowest BCUT2D eigenvalue weighted by molar-refractivity contribution is 0.522. The Hall–Kier alpha value is -1.81. The minimum Gasteiger partial charge on any atom is -0.380 e. The van der Waals surface area contributed by atoms with E-state index in [1.807, 2.05) is 24.5 Å². The molecule has 0 spiro atoms. The van der Waals surface area contributed by atoms with E-state index < -0.39 is 0 Å². The monoisotopic (exact) mass is 305 g/mol. The van der Waals surface area contributed by atoms with Crippen LogP contribution in [0.1, 0.15) is 12.8 Å². The molecule has 0 bridgehead atoms. The molecule has 1 aliphatic heterocycles. The molecule has 1 fully saturated rings. The highest BCUT2D eigenvalue weighted by molar-refractivity contribution is 6.30. The van der Waals surface area contributed by atoms with Gasteiger partial charge in [-0.2, -0.15) is 0 Å². The summed E-state index contributed by atoms with van der Waals surface area (Å²) in [7, 11) is 0. The maximum atomic E-state index is 13.8. The summed E-state index contributed by atoms with van der Waals surface area (Å²) in [6, 6.07) is 9.08. The summed E-state index contributed by atoms with van der Waals surface area (Å²) in [4.78, 5) is 6.37. The highest BCUT2D eigenvalue weighted by Crippen LogP contribution is 2.24. The van der Waals surface area contributed by atoms with Crippen LogP contribution in [0.25, 0.3) is 0 Å². The second-order valence-electron chi connectivity index (χ2n) is 5.24. The Morgan fingerprint density at radius 3 is 2.52 bits per heavy atom. The van der Waals surface area contributed by atoms with Crippen LogP contribution in [-0.4, -0.2) is 24.1 Å². The van der Waals surface area contributed by atoms with Crippen molar-refractivity contribution in [2.45, 2.75) is 18.9 Å². The third-order valence-electron chi connectivity index (χ3n) is 3.81. The Bertz CT molecular complexity index is 598. The Balaban J connectivity index is 1.59. The number of halogens is 2. The number of pyridine rings is 1. The third kappa shape index (κ3) is 3.45. The normalized spacial score (nSPS) is 16.0. The molecule has 1 saturated heterocycles. The van der Waals surface area contributed by atoms with Crippen LogP contribution in [0, 0.1) is 5.82 Å². The van der Waals surface area contributed by atoms with E-state index >= 15 is 0 Å². The number of hydrogen-bond donors (Lipinski definition) is 1. The zero-order valence-electron chi connectivity index (χ0n) is 11.6. The number of aromatic nitrogens is 1. The van der Waals surface area contributed by atoms with Crippen LogP contribution >= 0.6 is 11.6 Å². The Morgan fingerprint density at radius 1 is 1.14 bits per heavy atom. The molecule has 110 valence electrons. The molecular formula is C16H17ClFN3. The lowest BCUT2D eigenvalue weighted by Gasteiger charge is -2.34. The van der Waals surface area contributed by atoms with Crippen LogP contribution in [0.15, 0.2) is 42.7 Å². The summed E-state index contributed by atoms with van der Waals surface area (Å²) >= 11 is 5.77. The van der Waals surface area contributed by atoms with Gasteiger partial charge in [-0.15, -0.1) is 0 Å². The summed E-state index contributed by atoms with van der Waals surface area (Å²) in [6.07, 6.45) is 5.57. The predicted molar refractivity (Wildman–Crippen MR) is 84.5 cm³/mol. The molecule has 0 unspecified atom stereocenters. The van der Waals surface area contributed by atoms with Gasteiger partial charge in [-0.1, -0.05) is 11.6 Å². The lowest BCUT2D eigenvalue weighted by Crippen LogP contribution is -2.39. The summed E-state index contributed by atoms with van der Waals surface area (Å²) in [6.45, 7) is 1.91. The first-order valence-corrected chi connectivity index (χ1v) is 7.47. The summed E-state index contributed by atoms with van der Waals surface area (Å²) in [5.74, 6) is -0.293. The average Bonchev–Trinajstić information content (AvgIpc) is 2.52. The predicted octanol–water partition coefficient (Wildman–Crippen LogP) is 3.96. The summed E-state index contributed by atoms with van der Waals surface area (Å²) in [5, 5.41) is 3.70. The van der Waals surface area contributed by atoms with Crippen LogP contribution in [0.5, 0.6) is 0 Å². The highest BCUT2D eigenvalue weighted by Gasteiger charge is 2.20. The van der Waals surface area contributed by atoms with Gasteiger partial charge in [0.15, 0.2) is 0 Å².